The van der Waals surface area contributed by atoms with E-state index in [1.165, 1.54) is 0 Å². The van der Waals surface area contributed by atoms with Crippen LogP contribution in [0, 0.1) is 24.2 Å². The summed E-state index contributed by atoms with van der Waals surface area (Å²) < 4.78 is 19.2. The first-order chi connectivity index (χ1) is 12.5. The third-order valence-electron chi connectivity index (χ3n) is 3.71. The number of thiophene rings is 1. The largest absolute Gasteiger partial charge is 0.477 e. The van der Waals surface area contributed by atoms with Gasteiger partial charge in [-0.3, -0.25) is 4.57 Å². The third-order valence-corrected chi connectivity index (χ3v) is 7.31. The topological polar surface area (TPSA) is 63.6 Å². The number of aromatic carboxylic acids is 1. The van der Waals surface area contributed by atoms with Crippen molar-refractivity contribution < 1.29 is 19.0 Å². The Bertz CT molecular complexity index is 924. The van der Waals surface area contributed by atoms with Gasteiger partial charge in [0, 0.05) is 10.7 Å². The van der Waals surface area contributed by atoms with Gasteiger partial charge >= 0.3 is 5.97 Å². The van der Waals surface area contributed by atoms with Gasteiger partial charge in [0.25, 0.3) is 0 Å². The highest BCUT2D eigenvalue weighted by atomic mass is 32.1. The first-order valence-corrected chi connectivity index (χ1v) is 11.4. The number of aryl methyl sites for hydroxylation is 1. The van der Waals surface area contributed by atoms with E-state index in [4.69, 9.17) is 4.52 Å². The second kappa shape index (κ2) is 8.44. The fourth-order valence-electron chi connectivity index (χ4n) is 2.45. The van der Waals surface area contributed by atoms with Crippen LogP contribution in [0.3, 0.4) is 0 Å². The molecule has 1 N–H and O–H groups in total. The first-order valence-electron chi connectivity index (χ1n) is 8.74. The Kier molecular flexibility index (Phi) is 6.70. The Balaban J connectivity index is 2.46. The zero-order chi connectivity index (χ0) is 20.2. The maximum Gasteiger partial charge on any atom is 0.346 e. The van der Waals surface area contributed by atoms with E-state index in [1.54, 1.807) is 25.1 Å². The van der Waals surface area contributed by atoms with Crippen LogP contribution < -0.4 is 5.30 Å². The summed E-state index contributed by atoms with van der Waals surface area (Å²) in [6.07, 6.45) is 0.0409. The van der Waals surface area contributed by atoms with Crippen molar-refractivity contribution in [3.8, 4) is 11.8 Å². The lowest BCUT2D eigenvalue weighted by Crippen LogP contribution is -2.11. The Labute approximate surface area is 165 Å². The lowest BCUT2D eigenvalue weighted by Gasteiger charge is -2.18. The summed E-state index contributed by atoms with van der Waals surface area (Å²) in [5, 5.41) is 10.2. The molecule has 0 aliphatic carbocycles. The Morgan fingerprint density at radius 2 is 1.89 bits per heavy atom. The smallest absolute Gasteiger partial charge is 0.346 e. The van der Waals surface area contributed by atoms with Crippen molar-refractivity contribution in [1.29, 1.82) is 0 Å². The van der Waals surface area contributed by atoms with Crippen molar-refractivity contribution in [1.82, 2.24) is 0 Å². The molecule has 1 atom stereocenters. The molecule has 6 heteroatoms. The normalized spacial score (nSPS) is 13.5. The number of hydrogen-bond donors (Lipinski definition) is 1. The highest BCUT2D eigenvalue weighted by molar-refractivity contribution is 7.66. The van der Waals surface area contributed by atoms with E-state index in [-0.39, 0.29) is 23.1 Å². The molecule has 0 saturated carbocycles. The van der Waals surface area contributed by atoms with Crippen LogP contribution in [0.15, 0.2) is 30.3 Å². The molecule has 1 aromatic heterocycles. The second-order valence-electron chi connectivity index (χ2n) is 7.36. The first kappa shape index (κ1) is 21.4. The highest BCUT2D eigenvalue weighted by Gasteiger charge is 2.29. The van der Waals surface area contributed by atoms with Crippen LogP contribution in [0.5, 0.6) is 0 Å². The predicted octanol–water partition coefficient (Wildman–Crippen LogP) is 5.29. The number of hydrogen-bond acceptors (Lipinski definition) is 4. The van der Waals surface area contributed by atoms with Crippen LogP contribution in [0.4, 0.5) is 0 Å². The molecule has 0 amide bonds. The molecule has 4 nitrogen and oxygen atoms in total. The molecular weight excluding hydrogens is 379 g/mol. The Morgan fingerprint density at radius 1 is 1.26 bits per heavy atom. The van der Waals surface area contributed by atoms with Gasteiger partial charge in [-0.05, 0) is 58.4 Å². The van der Waals surface area contributed by atoms with Gasteiger partial charge in [0.2, 0.25) is 7.37 Å². The Hall–Kier alpha value is -1.86. The zero-order valence-corrected chi connectivity index (χ0v) is 18.0. The monoisotopic (exact) mass is 404 g/mol. The van der Waals surface area contributed by atoms with Gasteiger partial charge in [0.15, 0.2) is 0 Å². The van der Waals surface area contributed by atoms with Crippen molar-refractivity contribution in [2.24, 2.45) is 5.41 Å². The molecule has 0 bridgehead atoms. The van der Waals surface area contributed by atoms with E-state index >= 15 is 0 Å². The number of carboxylic acids is 1. The van der Waals surface area contributed by atoms with Crippen molar-refractivity contribution in [3.63, 3.8) is 0 Å². The van der Waals surface area contributed by atoms with Crippen LogP contribution in [-0.2, 0) is 15.3 Å². The average molecular weight is 404 g/mol. The van der Waals surface area contributed by atoms with Gasteiger partial charge in [-0.2, -0.15) is 0 Å². The second-order valence-corrected chi connectivity index (χ2v) is 10.8. The molecule has 27 heavy (non-hydrogen) atoms. The quantitative estimate of drug-likeness (QED) is 0.525. The van der Waals surface area contributed by atoms with Crippen LogP contribution in [-0.4, -0.2) is 17.7 Å². The van der Waals surface area contributed by atoms with Crippen molar-refractivity contribution in [2.45, 2.75) is 40.8 Å². The van der Waals surface area contributed by atoms with Gasteiger partial charge in [-0.1, -0.05) is 29.5 Å². The molecule has 0 saturated heterocycles. The van der Waals surface area contributed by atoms with Gasteiger partial charge < -0.3 is 9.63 Å². The molecule has 0 aliphatic rings. The van der Waals surface area contributed by atoms with Crippen LogP contribution in [0.1, 0.15) is 53.4 Å². The van der Waals surface area contributed by atoms with Crippen LogP contribution >= 0.6 is 18.7 Å². The molecule has 1 heterocycles. The summed E-state index contributed by atoms with van der Waals surface area (Å²) in [6.45, 7) is 10.0. The molecular formula is C21H25O4PS. The van der Waals surface area contributed by atoms with E-state index in [0.29, 0.717) is 15.7 Å². The molecule has 2 aromatic rings. The van der Waals surface area contributed by atoms with E-state index in [2.05, 4.69) is 11.8 Å². The fourth-order valence-corrected chi connectivity index (χ4v) is 5.57. The summed E-state index contributed by atoms with van der Waals surface area (Å²) >= 11 is 1.11. The van der Waals surface area contributed by atoms with Crippen LogP contribution in [0.25, 0.3) is 0 Å². The molecule has 2 rings (SSSR count). The van der Waals surface area contributed by atoms with Crippen LogP contribution in [0.2, 0.25) is 0 Å². The Morgan fingerprint density at radius 3 is 2.41 bits per heavy atom. The minimum atomic E-state index is -3.22. The molecule has 0 aliphatic heterocycles. The standard InChI is InChI=1S/C21H25O4PS/c1-6-25-26(24,17-9-7-15(2)8-10-17)14-16-13-18(11-12-21(3,4)5)27-19(16)20(22)23/h7-10,13H,6,14H2,1-5H3,(H,22,23). The molecule has 144 valence electrons. The van der Waals surface area contributed by atoms with Gasteiger partial charge in [-0.25, -0.2) is 4.79 Å². The summed E-state index contributed by atoms with van der Waals surface area (Å²) in [4.78, 5) is 12.5. The van der Waals surface area contributed by atoms with Crippen molar-refractivity contribution >= 4 is 30.0 Å². The number of benzene rings is 1. The lowest BCUT2D eigenvalue weighted by atomic mass is 9.98. The molecule has 0 radical (unpaired) electrons. The minimum absolute atomic E-state index is 0.0409. The summed E-state index contributed by atoms with van der Waals surface area (Å²) in [7, 11) is -3.22. The number of carbonyl (C=O) groups is 1. The van der Waals surface area contributed by atoms with Gasteiger partial charge in [0.1, 0.15) is 4.88 Å². The predicted molar refractivity (Wildman–Crippen MR) is 111 cm³/mol. The molecule has 0 fully saturated rings. The van der Waals surface area contributed by atoms with E-state index in [0.717, 1.165) is 16.9 Å². The molecule has 0 spiro atoms. The van der Waals surface area contributed by atoms with E-state index in [9.17, 15) is 14.5 Å². The highest BCUT2D eigenvalue weighted by Crippen LogP contribution is 2.50. The number of rotatable bonds is 6. The van der Waals surface area contributed by atoms with Crippen molar-refractivity contribution in [2.75, 3.05) is 6.61 Å². The maximum absolute atomic E-state index is 13.6. The summed E-state index contributed by atoms with van der Waals surface area (Å²) in [5.41, 5.74) is 1.38. The number of carboxylic acid groups (broad SMARTS) is 1. The fraction of sp³-hybridized carbons (Fsp3) is 0.381. The minimum Gasteiger partial charge on any atom is -0.477 e. The molecule has 1 unspecified atom stereocenters. The van der Waals surface area contributed by atoms with E-state index < -0.39 is 13.3 Å². The summed E-state index contributed by atoms with van der Waals surface area (Å²) in [6, 6.07) is 9.07. The van der Waals surface area contributed by atoms with E-state index in [1.807, 2.05) is 39.8 Å². The zero-order valence-electron chi connectivity index (χ0n) is 16.3. The lowest BCUT2D eigenvalue weighted by molar-refractivity contribution is 0.0701. The van der Waals surface area contributed by atoms with Gasteiger partial charge in [-0.15, -0.1) is 11.3 Å². The summed E-state index contributed by atoms with van der Waals surface area (Å²) in [5.74, 6) is 5.11. The third kappa shape index (κ3) is 5.81. The average Bonchev–Trinajstić information content (AvgIpc) is 2.96. The molecule has 1 aromatic carbocycles. The SMILES string of the molecule is CCOP(=O)(Cc1cc(C#CC(C)(C)C)sc1C(=O)O)c1ccc(C)cc1. The maximum atomic E-state index is 13.6. The van der Waals surface area contributed by atoms with Gasteiger partial charge in [0.05, 0.1) is 17.6 Å². The van der Waals surface area contributed by atoms with Crippen molar-refractivity contribution in [3.05, 3.63) is 51.2 Å².